The van der Waals surface area contributed by atoms with Crippen molar-refractivity contribution < 1.29 is 19.2 Å². The highest BCUT2D eigenvalue weighted by atomic mass is 16.5. The molecule has 1 N–H and O–H groups in total. The fourth-order valence-electron chi connectivity index (χ4n) is 3.40. The lowest BCUT2D eigenvalue weighted by molar-refractivity contribution is -0.151. The van der Waals surface area contributed by atoms with Crippen LogP contribution in [-0.2, 0) is 41.8 Å². The lowest BCUT2D eigenvalue weighted by atomic mass is 9.93. The molecule has 0 saturated carbocycles. The Morgan fingerprint density at radius 3 is 2.60 bits per heavy atom. The molecule has 6 heteroatoms. The van der Waals surface area contributed by atoms with E-state index < -0.39 is 12.0 Å². The molecule has 3 rings (SSSR count). The van der Waals surface area contributed by atoms with Crippen LogP contribution in [0, 0.1) is 0 Å². The van der Waals surface area contributed by atoms with E-state index in [4.69, 9.17) is 4.52 Å². The van der Waals surface area contributed by atoms with Crippen molar-refractivity contribution in [2.75, 3.05) is 0 Å². The third-order valence-electron chi connectivity index (χ3n) is 4.79. The number of rotatable bonds is 5. The maximum Gasteiger partial charge on any atom is 0.326 e. The lowest BCUT2D eigenvalue weighted by Gasteiger charge is -2.34. The number of hydrogen-bond acceptors (Lipinski definition) is 4. The first-order chi connectivity index (χ1) is 12.0. The first kappa shape index (κ1) is 17.2. The first-order valence-corrected chi connectivity index (χ1v) is 8.60. The predicted molar refractivity (Wildman–Crippen MR) is 91.1 cm³/mol. The number of aryl methyl sites for hydroxylation is 2. The van der Waals surface area contributed by atoms with E-state index in [0.29, 0.717) is 31.6 Å². The van der Waals surface area contributed by atoms with E-state index >= 15 is 0 Å². The molecule has 1 aliphatic heterocycles. The number of nitrogens with zero attached hydrogens (tertiary/aromatic N) is 2. The molecule has 1 aromatic carbocycles. The molecule has 0 fully saturated rings. The molecular weight excluding hydrogens is 320 g/mol. The maximum atomic E-state index is 12.9. The predicted octanol–water partition coefficient (Wildman–Crippen LogP) is 2.38. The van der Waals surface area contributed by atoms with E-state index in [0.717, 1.165) is 22.4 Å². The smallest absolute Gasteiger partial charge is 0.326 e. The van der Waals surface area contributed by atoms with Gasteiger partial charge >= 0.3 is 5.97 Å². The minimum Gasteiger partial charge on any atom is -0.480 e. The van der Waals surface area contributed by atoms with Gasteiger partial charge in [0.2, 0.25) is 5.91 Å². The second kappa shape index (κ2) is 7.09. The van der Waals surface area contributed by atoms with Gasteiger partial charge in [0, 0.05) is 24.9 Å². The van der Waals surface area contributed by atoms with Crippen molar-refractivity contribution in [1.29, 1.82) is 0 Å². The minimum atomic E-state index is -0.973. The highest BCUT2D eigenvalue weighted by Crippen LogP contribution is 2.25. The zero-order chi connectivity index (χ0) is 18.0. The number of carboxylic acids is 1. The van der Waals surface area contributed by atoms with E-state index in [1.807, 2.05) is 38.1 Å². The van der Waals surface area contributed by atoms with Crippen LogP contribution in [0.4, 0.5) is 0 Å². The highest BCUT2D eigenvalue weighted by Gasteiger charge is 2.35. The largest absolute Gasteiger partial charge is 0.480 e. The summed E-state index contributed by atoms with van der Waals surface area (Å²) in [6, 6.07) is 6.84. The van der Waals surface area contributed by atoms with Gasteiger partial charge in [-0.1, -0.05) is 43.3 Å². The number of benzene rings is 1. The van der Waals surface area contributed by atoms with Crippen LogP contribution in [0.2, 0.25) is 0 Å². The van der Waals surface area contributed by atoms with Crippen LogP contribution in [-0.4, -0.2) is 33.1 Å². The molecule has 0 saturated heterocycles. The number of carbonyl (C=O) groups excluding carboxylic acids is 1. The van der Waals surface area contributed by atoms with Crippen molar-refractivity contribution in [3.05, 3.63) is 52.4 Å². The summed E-state index contributed by atoms with van der Waals surface area (Å²) in [5, 5.41) is 13.6. The van der Waals surface area contributed by atoms with Crippen LogP contribution >= 0.6 is 0 Å². The monoisotopic (exact) mass is 342 g/mol. The average molecular weight is 342 g/mol. The van der Waals surface area contributed by atoms with Gasteiger partial charge in [-0.15, -0.1) is 0 Å². The molecular formula is C19H22N2O4. The van der Waals surface area contributed by atoms with Gasteiger partial charge in [-0.25, -0.2) is 4.79 Å². The summed E-state index contributed by atoms with van der Waals surface area (Å²) < 4.78 is 5.32. The Morgan fingerprint density at radius 2 is 1.96 bits per heavy atom. The molecule has 0 unspecified atom stereocenters. The molecule has 0 bridgehead atoms. The molecule has 1 aliphatic rings. The molecule has 0 spiro atoms. The van der Waals surface area contributed by atoms with Crippen molar-refractivity contribution in [2.24, 2.45) is 0 Å². The number of aliphatic carboxylic acids is 1. The molecule has 1 aromatic heterocycles. The Hall–Kier alpha value is -2.63. The van der Waals surface area contributed by atoms with Gasteiger partial charge in [0.1, 0.15) is 11.8 Å². The third kappa shape index (κ3) is 3.29. The SMILES string of the molecule is CCc1noc(CC)c1CC(=O)N1Cc2ccccc2C[C@H]1C(=O)O. The van der Waals surface area contributed by atoms with Gasteiger partial charge in [0.25, 0.3) is 0 Å². The maximum absolute atomic E-state index is 12.9. The number of hydrogen-bond donors (Lipinski definition) is 1. The summed E-state index contributed by atoms with van der Waals surface area (Å²) in [6.45, 7) is 4.23. The van der Waals surface area contributed by atoms with Gasteiger partial charge in [-0.3, -0.25) is 4.79 Å². The van der Waals surface area contributed by atoms with Crippen LogP contribution in [0.15, 0.2) is 28.8 Å². The van der Waals surface area contributed by atoms with Crippen LogP contribution < -0.4 is 0 Å². The second-order valence-corrected chi connectivity index (χ2v) is 6.26. The molecule has 1 amide bonds. The standard InChI is InChI=1S/C19H22N2O4/c1-3-15-14(17(4-2)25-20-15)10-18(22)21-11-13-8-6-5-7-12(13)9-16(21)19(23)24/h5-8,16H,3-4,9-11H2,1-2H3,(H,23,24)/t16-/m0/s1. The summed E-state index contributed by atoms with van der Waals surface area (Å²) in [6.07, 6.45) is 1.79. The number of fused-ring (bicyclic) bond motifs is 1. The van der Waals surface area contributed by atoms with Gasteiger partial charge in [-0.2, -0.15) is 0 Å². The Balaban J connectivity index is 1.88. The van der Waals surface area contributed by atoms with E-state index in [-0.39, 0.29) is 12.3 Å². The molecule has 1 atom stereocenters. The Bertz CT molecular complexity index is 775. The first-order valence-electron chi connectivity index (χ1n) is 8.60. The van der Waals surface area contributed by atoms with Crippen molar-refractivity contribution in [2.45, 2.75) is 52.1 Å². The molecule has 2 aromatic rings. The summed E-state index contributed by atoms with van der Waals surface area (Å²) in [4.78, 5) is 26.1. The van der Waals surface area contributed by atoms with Gasteiger partial charge in [-0.05, 0) is 17.5 Å². The normalized spacial score (nSPS) is 16.6. The zero-order valence-electron chi connectivity index (χ0n) is 14.5. The topological polar surface area (TPSA) is 83.6 Å². The number of amides is 1. The van der Waals surface area contributed by atoms with Crippen LogP contribution in [0.1, 0.15) is 42.0 Å². The molecule has 25 heavy (non-hydrogen) atoms. The van der Waals surface area contributed by atoms with E-state index in [2.05, 4.69) is 5.16 Å². The van der Waals surface area contributed by atoms with Crippen molar-refractivity contribution in [3.63, 3.8) is 0 Å². The summed E-state index contributed by atoms with van der Waals surface area (Å²) in [5.74, 6) is -0.469. The van der Waals surface area contributed by atoms with Crippen LogP contribution in [0.25, 0.3) is 0 Å². The Morgan fingerprint density at radius 1 is 1.24 bits per heavy atom. The summed E-state index contributed by atoms with van der Waals surface area (Å²) in [5.41, 5.74) is 3.57. The molecule has 132 valence electrons. The lowest BCUT2D eigenvalue weighted by Crippen LogP contribution is -2.49. The Labute approximate surface area is 146 Å². The van der Waals surface area contributed by atoms with Crippen molar-refractivity contribution >= 4 is 11.9 Å². The number of carboxylic acid groups (broad SMARTS) is 1. The third-order valence-corrected chi connectivity index (χ3v) is 4.79. The molecule has 2 heterocycles. The fourth-order valence-corrected chi connectivity index (χ4v) is 3.40. The molecule has 0 radical (unpaired) electrons. The van der Waals surface area contributed by atoms with Crippen LogP contribution in [0.5, 0.6) is 0 Å². The average Bonchev–Trinajstić information content (AvgIpc) is 3.02. The fraction of sp³-hybridized carbons (Fsp3) is 0.421. The zero-order valence-corrected chi connectivity index (χ0v) is 14.5. The van der Waals surface area contributed by atoms with E-state index in [1.54, 1.807) is 0 Å². The minimum absolute atomic E-state index is 0.127. The summed E-state index contributed by atoms with van der Waals surface area (Å²) >= 11 is 0. The molecule has 6 nitrogen and oxygen atoms in total. The van der Waals surface area contributed by atoms with Gasteiger partial charge in [0.15, 0.2) is 0 Å². The van der Waals surface area contributed by atoms with Crippen LogP contribution in [0.3, 0.4) is 0 Å². The van der Waals surface area contributed by atoms with Crippen molar-refractivity contribution in [3.8, 4) is 0 Å². The van der Waals surface area contributed by atoms with Gasteiger partial charge in [0.05, 0.1) is 12.1 Å². The van der Waals surface area contributed by atoms with E-state index in [9.17, 15) is 14.7 Å². The highest BCUT2D eigenvalue weighted by molar-refractivity contribution is 5.86. The molecule has 0 aliphatic carbocycles. The Kier molecular flexibility index (Phi) is 4.88. The van der Waals surface area contributed by atoms with Crippen molar-refractivity contribution in [1.82, 2.24) is 10.1 Å². The number of aromatic nitrogens is 1. The number of carbonyl (C=O) groups is 2. The summed E-state index contributed by atoms with van der Waals surface area (Å²) in [7, 11) is 0. The second-order valence-electron chi connectivity index (χ2n) is 6.26. The van der Waals surface area contributed by atoms with Gasteiger partial charge < -0.3 is 14.5 Å². The van der Waals surface area contributed by atoms with E-state index in [1.165, 1.54) is 4.90 Å². The quantitative estimate of drug-likeness (QED) is 0.902.